The second kappa shape index (κ2) is 6.13. The molecule has 1 aromatic heterocycles. The predicted molar refractivity (Wildman–Crippen MR) is 108 cm³/mol. The second-order valence-corrected chi connectivity index (χ2v) is 6.74. The van der Waals surface area contributed by atoms with E-state index >= 15 is 0 Å². The largest absolute Gasteiger partial charge is 0.296 e. The van der Waals surface area contributed by atoms with Gasteiger partial charge in [0.15, 0.2) is 0 Å². The van der Waals surface area contributed by atoms with Crippen molar-refractivity contribution >= 4 is 21.7 Å². The molecule has 6 rings (SSSR count). The summed E-state index contributed by atoms with van der Waals surface area (Å²) < 4.78 is 0. The zero-order chi connectivity index (χ0) is 17.1. The fourth-order valence-electron chi connectivity index (χ4n) is 4.18. The molecule has 5 aromatic rings. The Bertz CT molecular complexity index is 1320. The van der Waals surface area contributed by atoms with Crippen LogP contribution < -0.4 is 0 Å². The van der Waals surface area contributed by atoms with E-state index in [-0.39, 0.29) is 20.1 Å². The molecule has 0 bridgehead atoms. The molecule has 0 spiro atoms. The Kier molecular flexibility index (Phi) is 3.72. The van der Waals surface area contributed by atoms with E-state index < -0.39 is 0 Å². The molecular formula is C25H14IrN-. The average Bonchev–Trinajstić information content (AvgIpc) is 3.05. The summed E-state index contributed by atoms with van der Waals surface area (Å²) in [7, 11) is 0. The Morgan fingerprint density at radius 1 is 0.704 bits per heavy atom. The van der Waals surface area contributed by atoms with E-state index in [4.69, 9.17) is 4.98 Å². The summed E-state index contributed by atoms with van der Waals surface area (Å²) >= 11 is 0. The summed E-state index contributed by atoms with van der Waals surface area (Å²) in [5.41, 5.74) is 8.26. The van der Waals surface area contributed by atoms with Crippen LogP contribution in [0.2, 0.25) is 0 Å². The number of rotatable bonds is 1. The molecule has 0 saturated heterocycles. The molecule has 4 aromatic carbocycles. The maximum absolute atomic E-state index is 5.01. The first-order valence-electron chi connectivity index (χ1n) is 8.83. The minimum Gasteiger partial charge on any atom is -0.296 e. The maximum Gasteiger partial charge on any atom is 0.0614 e. The van der Waals surface area contributed by atoms with E-state index in [1.54, 1.807) is 0 Å². The Labute approximate surface area is 171 Å². The van der Waals surface area contributed by atoms with E-state index in [9.17, 15) is 0 Å². The number of hydrogen-bond acceptors (Lipinski definition) is 1. The molecule has 0 amide bonds. The van der Waals surface area contributed by atoms with Crippen molar-refractivity contribution in [3.05, 3.63) is 91.0 Å². The van der Waals surface area contributed by atoms with Gasteiger partial charge in [-0.3, -0.25) is 4.98 Å². The first kappa shape index (κ1) is 16.4. The molecule has 27 heavy (non-hydrogen) atoms. The molecule has 2 heteroatoms. The van der Waals surface area contributed by atoms with Crippen molar-refractivity contribution in [3.8, 4) is 33.5 Å². The molecule has 0 aliphatic heterocycles. The van der Waals surface area contributed by atoms with Crippen molar-refractivity contribution in [2.75, 3.05) is 0 Å². The summed E-state index contributed by atoms with van der Waals surface area (Å²) in [6, 6.07) is 33.1. The van der Waals surface area contributed by atoms with E-state index in [0.717, 1.165) is 16.8 Å². The van der Waals surface area contributed by atoms with Crippen LogP contribution in [0.4, 0.5) is 0 Å². The van der Waals surface area contributed by atoms with Crippen LogP contribution in [0.3, 0.4) is 0 Å². The number of benzene rings is 4. The van der Waals surface area contributed by atoms with Crippen molar-refractivity contribution in [1.82, 2.24) is 4.98 Å². The fourth-order valence-corrected chi connectivity index (χ4v) is 4.18. The Balaban J connectivity index is 0.00000160. The topological polar surface area (TPSA) is 12.9 Å². The van der Waals surface area contributed by atoms with Crippen LogP contribution in [-0.2, 0) is 20.1 Å². The Morgan fingerprint density at radius 3 is 2.33 bits per heavy atom. The molecule has 1 aliphatic carbocycles. The van der Waals surface area contributed by atoms with Gasteiger partial charge in [-0.05, 0) is 39.2 Å². The van der Waals surface area contributed by atoms with E-state index in [1.807, 2.05) is 18.2 Å². The van der Waals surface area contributed by atoms with Gasteiger partial charge in [0, 0.05) is 31.1 Å². The second-order valence-electron chi connectivity index (χ2n) is 6.74. The SMILES string of the molecule is [Ir].[c-]1ccccc1-c1cc2c3c(c4ccccc4cc3n1)-c1ccccc1-2. The number of hydrogen-bond donors (Lipinski definition) is 0. The third-order valence-corrected chi connectivity index (χ3v) is 5.29. The van der Waals surface area contributed by atoms with Crippen LogP contribution in [0.5, 0.6) is 0 Å². The minimum atomic E-state index is 0. The van der Waals surface area contributed by atoms with Gasteiger partial charge in [0.05, 0.1) is 5.52 Å². The molecule has 0 saturated carbocycles. The van der Waals surface area contributed by atoms with Crippen LogP contribution in [-0.4, -0.2) is 4.98 Å². The first-order chi connectivity index (χ1) is 12.9. The van der Waals surface area contributed by atoms with Crippen LogP contribution in [0.1, 0.15) is 0 Å². The minimum absolute atomic E-state index is 0. The van der Waals surface area contributed by atoms with Gasteiger partial charge in [0.2, 0.25) is 0 Å². The summed E-state index contributed by atoms with van der Waals surface area (Å²) in [4.78, 5) is 5.01. The fraction of sp³-hybridized carbons (Fsp3) is 0. The molecule has 1 radical (unpaired) electrons. The molecule has 1 nitrogen and oxygen atoms in total. The summed E-state index contributed by atoms with van der Waals surface area (Å²) in [5.74, 6) is 0. The molecule has 129 valence electrons. The zero-order valence-electron chi connectivity index (χ0n) is 14.4. The maximum atomic E-state index is 5.01. The summed E-state index contributed by atoms with van der Waals surface area (Å²) in [5, 5.41) is 3.80. The molecular weight excluding hydrogens is 506 g/mol. The van der Waals surface area contributed by atoms with Gasteiger partial charge >= 0.3 is 0 Å². The average molecular weight is 521 g/mol. The van der Waals surface area contributed by atoms with E-state index in [0.29, 0.717) is 0 Å². The van der Waals surface area contributed by atoms with Gasteiger partial charge in [-0.1, -0.05) is 54.6 Å². The summed E-state index contributed by atoms with van der Waals surface area (Å²) in [6.45, 7) is 0. The van der Waals surface area contributed by atoms with Crippen molar-refractivity contribution < 1.29 is 20.1 Å². The van der Waals surface area contributed by atoms with Gasteiger partial charge in [0.25, 0.3) is 0 Å². The quantitative estimate of drug-likeness (QED) is 0.178. The van der Waals surface area contributed by atoms with Gasteiger partial charge in [-0.2, -0.15) is 0 Å². The Hall–Kier alpha value is -2.80. The van der Waals surface area contributed by atoms with E-state index in [2.05, 4.69) is 72.8 Å². The third kappa shape index (κ3) is 2.31. The van der Waals surface area contributed by atoms with Crippen LogP contribution in [0, 0.1) is 6.07 Å². The van der Waals surface area contributed by atoms with Crippen molar-refractivity contribution in [2.45, 2.75) is 0 Å². The molecule has 0 unspecified atom stereocenters. The third-order valence-electron chi connectivity index (χ3n) is 5.29. The van der Waals surface area contributed by atoms with Crippen molar-refractivity contribution in [1.29, 1.82) is 0 Å². The van der Waals surface area contributed by atoms with E-state index in [1.165, 1.54) is 38.4 Å². The summed E-state index contributed by atoms with van der Waals surface area (Å²) in [6.07, 6.45) is 0. The number of nitrogens with zero attached hydrogens (tertiary/aromatic N) is 1. The van der Waals surface area contributed by atoms with Crippen molar-refractivity contribution in [3.63, 3.8) is 0 Å². The molecule has 0 N–H and O–H groups in total. The molecule has 1 aliphatic rings. The van der Waals surface area contributed by atoms with Gasteiger partial charge in [-0.15, -0.1) is 35.9 Å². The van der Waals surface area contributed by atoms with Gasteiger partial charge < -0.3 is 0 Å². The normalized spacial score (nSPS) is 11.4. The molecule has 0 atom stereocenters. The zero-order valence-corrected chi connectivity index (χ0v) is 16.8. The van der Waals surface area contributed by atoms with Crippen molar-refractivity contribution in [2.24, 2.45) is 0 Å². The Morgan fingerprint density at radius 2 is 1.48 bits per heavy atom. The van der Waals surface area contributed by atoms with Crippen LogP contribution in [0.25, 0.3) is 55.2 Å². The van der Waals surface area contributed by atoms with Crippen LogP contribution in [0.15, 0.2) is 84.9 Å². The number of aromatic nitrogens is 1. The number of fused-ring (bicyclic) bond motifs is 5. The molecule has 0 fully saturated rings. The standard InChI is InChI=1S/C25H14N.Ir/c1-2-8-16(9-3-1)22-15-21-19-12-6-7-13-20(19)24-18-11-5-4-10-17(18)14-23(26-22)25(21)24;/h1-8,10-15H;/q-1;. The number of pyridine rings is 1. The molecule has 1 heterocycles. The monoisotopic (exact) mass is 521 g/mol. The van der Waals surface area contributed by atoms with Gasteiger partial charge in [0.1, 0.15) is 0 Å². The first-order valence-corrected chi connectivity index (χ1v) is 8.83. The predicted octanol–water partition coefficient (Wildman–Crippen LogP) is 6.50. The smallest absolute Gasteiger partial charge is 0.0614 e. The van der Waals surface area contributed by atoms with Gasteiger partial charge in [-0.25, -0.2) is 0 Å². The van der Waals surface area contributed by atoms with Crippen LogP contribution >= 0.6 is 0 Å².